The first-order valence-electron chi connectivity index (χ1n) is 7.24. The average Bonchev–Trinajstić information content (AvgIpc) is 2.41. The minimum atomic E-state index is -0.172. The molecule has 1 heterocycles. The molecule has 0 radical (unpaired) electrons. The van der Waals surface area contributed by atoms with Crippen molar-refractivity contribution in [3.8, 4) is 11.5 Å². The van der Waals surface area contributed by atoms with Gasteiger partial charge in [-0.3, -0.25) is 4.98 Å². The Morgan fingerprint density at radius 1 is 1.21 bits per heavy atom. The third-order valence-corrected chi connectivity index (χ3v) is 3.45. The summed E-state index contributed by atoms with van der Waals surface area (Å²) in [5.41, 5.74) is 0.749. The van der Waals surface area contributed by atoms with Gasteiger partial charge in [0.1, 0.15) is 0 Å². The third-order valence-electron chi connectivity index (χ3n) is 3.45. The minimum Gasteiger partial charge on any atom is -0.504 e. The second-order valence-electron chi connectivity index (χ2n) is 5.07. The quantitative estimate of drug-likeness (QED) is 0.601. The van der Waals surface area contributed by atoms with Crippen molar-refractivity contribution in [2.75, 3.05) is 6.54 Å². The number of hydrogen-bond acceptors (Lipinski definition) is 4. The van der Waals surface area contributed by atoms with Crippen LogP contribution in [0.5, 0.6) is 11.5 Å². The largest absolute Gasteiger partial charge is 0.504 e. The number of nitrogens with zero attached hydrogens (tertiary/aromatic N) is 1. The van der Waals surface area contributed by atoms with Gasteiger partial charge in [0.15, 0.2) is 11.5 Å². The van der Waals surface area contributed by atoms with Gasteiger partial charge in [0.05, 0.1) is 11.9 Å². The van der Waals surface area contributed by atoms with Crippen LogP contribution in [0.15, 0.2) is 12.3 Å². The zero-order valence-corrected chi connectivity index (χ0v) is 12.0. The molecule has 0 spiro atoms. The van der Waals surface area contributed by atoms with Crippen molar-refractivity contribution >= 4 is 0 Å². The summed E-state index contributed by atoms with van der Waals surface area (Å²) in [6.45, 7) is 6.05. The highest BCUT2D eigenvalue weighted by Gasteiger charge is 2.06. The van der Waals surface area contributed by atoms with E-state index in [1.165, 1.54) is 44.4 Å². The summed E-state index contributed by atoms with van der Waals surface area (Å²) in [5, 5.41) is 21.9. The Hall–Kier alpha value is -1.29. The van der Waals surface area contributed by atoms with Gasteiger partial charge in [-0.1, -0.05) is 39.5 Å². The van der Waals surface area contributed by atoms with Crippen molar-refractivity contribution in [3.05, 3.63) is 18.0 Å². The second kappa shape index (κ2) is 8.75. The van der Waals surface area contributed by atoms with Crippen molar-refractivity contribution in [3.63, 3.8) is 0 Å². The maximum absolute atomic E-state index is 9.38. The number of unbranched alkanes of at least 4 members (excludes halogenated alkanes) is 2. The van der Waals surface area contributed by atoms with E-state index >= 15 is 0 Å². The van der Waals surface area contributed by atoms with Crippen LogP contribution < -0.4 is 5.32 Å². The standard InChI is InChI=1S/C15H26N2O2/c1-3-5-6-7-12(4-2)9-16-10-13-8-14(18)15(19)11-17-13/h8,11-12,16,19H,3-7,9-10H2,1-2H3,(H,17,18). The summed E-state index contributed by atoms with van der Waals surface area (Å²) in [4.78, 5) is 4.06. The molecule has 108 valence electrons. The molecule has 0 aliphatic rings. The number of nitrogens with one attached hydrogen (secondary N) is 1. The van der Waals surface area contributed by atoms with E-state index in [2.05, 4.69) is 24.1 Å². The summed E-state index contributed by atoms with van der Waals surface area (Å²) in [6, 6.07) is 1.50. The molecular formula is C15H26N2O2. The molecule has 1 aromatic rings. The molecule has 0 aliphatic heterocycles. The summed E-state index contributed by atoms with van der Waals surface area (Å²) < 4.78 is 0. The van der Waals surface area contributed by atoms with Crippen LogP contribution in [0.3, 0.4) is 0 Å². The molecule has 1 atom stereocenters. The molecule has 3 N–H and O–H groups in total. The zero-order valence-electron chi connectivity index (χ0n) is 12.0. The number of aromatic hydroxyl groups is 2. The molecule has 1 unspecified atom stereocenters. The Labute approximate surface area is 115 Å². The Morgan fingerprint density at radius 3 is 2.63 bits per heavy atom. The van der Waals surface area contributed by atoms with Crippen LogP contribution in [0.25, 0.3) is 0 Å². The predicted molar refractivity (Wildman–Crippen MR) is 77.2 cm³/mol. The summed E-state index contributed by atoms with van der Waals surface area (Å²) in [7, 11) is 0. The SMILES string of the molecule is CCCCCC(CC)CNCc1cc(O)c(O)cn1. The molecule has 0 saturated carbocycles. The van der Waals surface area contributed by atoms with Crippen molar-refractivity contribution in [1.82, 2.24) is 10.3 Å². The van der Waals surface area contributed by atoms with Crippen LogP contribution in [-0.2, 0) is 6.54 Å². The number of hydrogen-bond donors (Lipinski definition) is 3. The van der Waals surface area contributed by atoms with E-state index in [4.69, 9.17) is 0 Å². The summed E-state index contributed by atoms with van der Waals surface area (Å²) >= 11 is 0. The summed E-state index contributed by atoms with van der Waals surface area (Å²) in [5.74, 6) is 0.425. The second-order valence-corrected chi connectivity index (χ2v) is 5.07. The van der Waals surface area contributed by atoms with Gasteiger partial charge in [-0.25, -0.2) is 0 Å². The van der Waals surface area contributed by atoms with Gasteiger partial charge in [-0.2, -0.15) is 0 Å². The lowest BCUT2D eigenvalue weighted by Gasteiger charge is -2.15. The first-order chi connectivity index (χ1) is 9.17. The highest BCUT2D eigenvalue weighted by Crippen LogP contribution is 2.22. The molecule has 0 aliphatic carbocycles. The normalized spacial score (nSPS) is 12.5. The first-order valence-corrected chi connectivity index (χ1v) is 7.24. The Balaban J connectivity index is 2.29. The van der Waals surface area contributed by atoms with Crippen LogP contribution in [0.1, 0.15) is 51.6 Å². The van der Waals surface area contributed by atoms with Crippen LogP contribution in [-0.4, -0.2) is 21.7 Å². The van der Waals surface area contributed by atoms with Gasteiger partial charge in [0, 0.05) is 12.6 Å². The third kappa shape index (κ3) is 5.92. The van der Waals surface area contributed by atoms with Gasteiger partial charge < -0.3 is 15.5 Å². The molecule has 0 amide bonds. The summed E-state index contributed by atoms with van der Waals surface area (Å²) in [6.07, 6.45) is 7.61. The van der Waals surface area contributed by atoms with Crippen LogP contribution >= 0.6 is 0 Å². The molecule has 1 aromatic heterocycles. The predicted octanol–water partition coefficient (Wildman–Crippen LogP) is 3.19. The van der Waals surface area contributed by atoms with E-state index < -0.39 is 0 Å². The fourth-order valence-corrected chi connectivity index (χ4v) is 2.11. The lowest BCUT2D eigenvalue weighted by atomic mass is 9.98. The lowest BCUT2D eigenvalue weighted by molar-refractivity contribution is 0.397. The van der Waals surface area contributed by atoms with E-state index in [0.717, 1.165) is 12.2 Å². The number of pyridine rings is 1. The van der Waals surface area contributed by atoms with E-state index in [1.54, 1.807) is 0 Å². The molecule has 1 rings (SSSR count). The Morgan fingerprint density at radius 2 is 2.00 bits per heavy atom. The monoisotopic (exact) mass is 266 g/mol. The fourth-order valence-electron chi connectivity index (χ4n) is 2.11. The van der Waals surface area contributed by atoms with Crippen molar-refractivity contribution in [2.45, 2.75) is 52.5 Å². The highest BCUT2D eigenvalue weighted by atomic mass is 16.3. The van der Waals surface area contributed by atoms with Crippen molar-refractivity contribution in [1.29, 1.82) is 0 Å². The Bertz CT molecular complexity index is 369. The van der Waals surface area contributed by atoms with Gasteiger partial charge in [-0.15, -0.1) is 0 Å². The van der Waals surface area contributed by atoms with E-state index in [0.29, 0.717) is 12.5 Å². The maximum Gasteiger partial charge on any atom is 0.176 e. The van der Waals surface area contributed by atoms with Crippen molar-refractivity contribution < 1.29 is 10.2 Å². The fraction of sp³-hybridized carbons (Fsp3) is 0.667. The average molecular weight is 266 g/mol. The van der Waals surface area contributed by atoms with Gasteiger partial charge >= 0.3 is 0 Å². The van der Waals surface area contributed by atoms with E-state index in [-0.39, 0.29) is 11.5 Å². The molecule has 0 saturated heterocycles. The Kier molecular flexibility index (Phi) is 7.26. The van der Waals surface area contributed by atoms with E-state index in [1.807, 2.05) is 0 Å². The molecular weight excluding hydrogens is 240 g/mol. The lowest BCUT2D eigenvalue weighted by Crippen LogP contribution is -2.22. The smallest absolute Gasteiger partial charge is 0.176 e. The van der Waals surface area contributed by atoms with Gasteiger partial charge in [0.2, 0.25) is 0 Å². The zero-order chi connectivity index (χ0) is 14.1. The number of aromatic nitrogens is 1. The van der Waals surface area contributed by atoms with Gasteiger partial charge in [-0.05, 0) is 18.9 Å². The topological polar surface area (TPSA) is 65.4 Å². The molecule has 0 fully saturated rings. The minimum absolute atomic E-state index is 0.109. The van der Waals surface area contributed by atoms with Crippen LogP contribution in [0.2, 0.25) is 0 Å². The van der Waals surface area contributed by atoms with Crippen LogP contribution in [0, 0.1) is 5.92 Å². The van der Waals surface area contributed by atoms with Crippen LogP contribution in [0.4, 0.5) is 0 Å². The molecule has 4 nitrogen and oxygen atoms in total. The van der Waals surface area contributed by atoms with Crippen molar-refractivity contribution in [2.24, 2.45) is 5.92 Å². The highest BCUT2D eigenvalue weighted by molar-refractivity contribution is 5.35. The van der Waals surface area contributed by atoms with Gasteiger partial charge in [0.25, 0.3) is 0 Å². The molecule has 19 heavy (non-hydrogen) atoms. The molecule has 4 heteroatoms. The molecule has 0 bridgehead atoms. The molecule has 0 aromatic carbocycles. The van der Waals surface area contributed by atoms with E-state index in [9.17, 15) is 10.2 Å². The maximum atomic E-state index is 9.38. The first kappa shape index (κ1) is 15.8. The number of rotatable bonds is 9.